The van der Waals surface area contributed by atoms with Gasteiger partial charge in [-0.15, -0.1) is 0 Å². The predicted molar refractivity (Wildman–Crippen MR) is 100 cm³/mol. The highest BCUT2D eigenvalue weighted by atomic mass is 16.9. The number of nitrogens with zero attached hydrogens (tertiary/aromatic N) is 1. The highest BCUT2D eigenvalue weighted by molar-refractivity contribution is 5.83. The monoisotopic (exact) mass is 411 g/mol. The van der Waals surface area contributed by atoms with Crippen molar-refractivity contribution in [2.24, 2.45) is 11.8 Å². The summed E-state index contributed by atoms with van der Waals surface area (Å²) in [6.45, 7) is 5.55. The molecule has 29 heavy (non-hydrogen) atoms. The van der Waals surface area contributed by atoms with Crippen molar-refractivity contribution in [2.45, 2.75) is 57.7 Å². The van der Waals surface area contributed by atoms with E-state index in [4.69, 9.17) is 4.74 Å². The molecule has 0 spiro atoms. The first-order valence-corrected chi connectivity index (χ1v) is 9.78. The first kappa shape index (κ1) is 22.1. The van der Waals surface area contributed by atoms with E-state index in [0.717, 1.165) is 24.1 Å². The maximum Gasteiger partial charge on any atom is 0.453 e. The Morgan fingerprint density at radius 2 is 1.86 bits per heavy atom. The number of hydrogen-bond acceptors (Lipinski definition) is 9. The Hall–Kier alpha value is -1.59. The van der Waals surface area contributed by atoms with E-state index in [1.54, 1.807) is 6.07 Å². The second-order valence-electron chi connectivity index (χ2n) is 8.54. The van der Waals surface area contributed by atoms with Gasteiger partial charge in [-0.25, -0.2) is 0 Å². The number of aliphatic hydroxyl groups is 6. The standard InChI is InChI=1S/C20H29NO8/c1-11(2)5-14-10-21-4-3-12-6-13(9-19(23,24)25)18(29-20(26,27)28)7-15(12)16(21)8-17(14)22/h6-7,11,14,16,23-28H,3-5,8-10H2,1-2H3. The zero-order valence-corrected chi connectivity index (χ0v) is 16.6. The number of ether oxygens (including phenoxy) is 1. The van der Waals surface area contributed by atoms with Crippen molar-refractivity contribution in [2.75, 3.05) is 13.1 Å². The average molecular weight is 411 g/mol. The first-order chi connectivity index (χ1) is 13.3. The average Bonchev–Trinajstić information content (AvgIpc) is 2.53. The zero-order valence-electron chi connectivity index (χ0n) is 16.6. The summed E-state index contributed by atoms with van der Waals surface area (Å²) in [5, 5.41) is 55.7. The van der Waals surface area contributed by atoms with Crippen LogP contribution >= 0.6 is 0 Å². The molecule has 9 heteroatoms. The summed E-state index contributed by atoms with van der Waals surface area (Å²) >= 11 is 0. The number of rotatable bonds is 6. The summed E-state index contributed by atoms with van der Waals surface area (Å²) in [5.41, 5.74) is 1.66. The summed E-state index contributed by atoms with van der Waals surface area (Å²) in [4.78, 5) is 14.9. The van der Waals surface area contributed by atoms with Crippen LogP contribution in [0.2, 0.25) is 0 Å². The van der Waals surface area contributed by atoms with Crippen LogP contribution in [0.3, 0.4) is 0 Å². The van der Waals surface area contributed by atoms with Gasteiger partial charge in [-0.1, -0.05) is 19.9 Å². The lowest BCUT2D eigenvalue weighted by atomic mass is 9.79. The molecule has 3 rings (SSSR count). The molecule has 2 atom stereocenters. The first-order valence-electron chi connectivity index (χ1n) is 9.78. The number of fused-ring (bicyclic) bond motifs is 3. The largest absolute Gasteiger partial charge is 0.453 e. The predicted octanol–water partition coefficient (Wildman–Crippen LogP) is -0.639. The molecule has 1 fully saturated rings. The summed E-state index contributed by atoms with van der Waals surface area (Å²) in [6, 6.07) is 2.81. The Balaban J connectivity index is 1.95. The Morgan fingerprint density at radius 1 is 1.17 bits per heavy atom. The van der Waals surface area contributed by atoms with Gasteiger partial charge in [0.25, 0.3) is 5.97 Å². The van der Waals surface area contributed by atoms with Crippen LogP contribution in [0.15, 0.2) is 12.1 Å². The Morgan fingerprint density at radius 3 is 2.45 bits per heavy atom. The third kappa shape index (κ3) is 5.52. The topological polar surface area (TPSA) is 151 Å². The van der Waals surface area contributed by atoms with Gasteiger partial charge in [-0.3, -0.25) is 9.69 Å². The van der Waals surface area contributed by atoms with E-state index in [1.165, 1.54) is 6.07 Å². The smallest absolute Gasteiger partial charge is 0.417 e. The van der Waals surface area contributed by atoms with Gasteiger partial charge < -0.3 is 35.4 Å². The zero-order chi connectivity index (χ0) is 21.6. The van der Waals surface area contributed by atoms with Crippen LogP contribution in [0.25, 0.3) is 0 Å². The number of carbonyl (C=O) groups is 1. The summed E-state index contributed by atoms with van der Waals surface area (Å²) in [6.07, 6.45) is -2.37. The molecule has 0 amide bonds. The fourth-order valence-electron chi connectivity index (χ4n) is 4.45. The van der Waals surface area contributed by atoms with Crippen molar-refractivity contribution in [1.29, 1.82) is 0 Å². The third-order valence-electron chi connectivity index (χ3n) is 5.53. The molecule has 0 aromatic heterocycles. The van der Waals surface area contributed by atoms with Crippen molar-refractivity contribution in [1.82, 2.24) is 4.90 Å². The number of benzene rings is 1. The lowest BCUT2D eigenvalue weighted by Crippen LogP contribution is -2.46. The van der Waals surface area contributed by atoms with Crippen LogP contribution < -0.4 is 4.74 Å². The van der Waals surface area contributed by atoms with Gasteiger partial charge in [0, 0.05) is 37.0 Å². The van der Waals surface area contributed by atoms with Crippen molar-refractivity contribution in [3.8, 4) is 5.75 Å². The minimum absolute atomic E-state index is 0.0125. The maximum absolute atomic E-state index is 12.7. The third-order valence-corrected chi connectivity index (χ3v) is 5.53. The molecular weight excluding hydrogens is 382 g/mol. The van der Waals surface area contributed by atoms with Crippen LogP contribution in [0.5, 0.6) is 5.75 Å². The van der Waals surface area contributed by atoms with Gasteiger partial charge in [0.15, 0.2) is 0 Å². The van der Waals surface area contributed by atoms with E-state index in [-0.39, 0.29) is 29.1 Å². The Labute approximate surface area is 168 Å². The second kappa shape index (κ2) is 7.92. The van der Waals surface area contributed by atoms with Gasteiger partial charge >= 0.3 is 6.16 Å². The minimum atomic E-state index is -3.48. The molecule has 0 radical (unpaired) electrons. The lowest BCUT2D eigenvalue weighted by Gasteiger charge is -2.43. The fraction of sp³-hybridized carbons (Fsp3) is 0.650. The van der Waals surface area contributed by atoms with Gasteiger partial charge in [0.05, 0.1) is 6.42 Å². The van der Waals surface area contributed by atoms with E-state index in [0.29, 0.717) is 25.3 Å². The van der Waals surface area contributed by atoms with Crippen LogP contribution in [0.1, 0.15) is 49.4 Å². The molecule has 1 aromatic rings. The fourth-order valence-corrected chi connectivity index (χ4v) is 4.45. The lowest BCUT2D eigenvalue weighted by molar-refractivity contribution is -0.420. The number of piperidine rings is 1. The number of carbonyl (C=O) groups excluding carboxylic acids is 1. The number of Topliss-reactive ketones (excluding diaryl/α,β-unsaturated/α-hetero) is 1. The van der Waals surface area contributed by atoms with Gasteiger partial charge in [0.2, 0.25) is 0 Å². The highest BCUT2D eigenvalue weighted by Crippen LogP contribution is 2.41. The van der Waals surface area contributed by atoms with Crippen LogP contribution in [-0.2, 0) is 17.6 Å². The van der Waals surface area contributed by atoms with Crippen LogP contribution in [0.4, 0.5) is 0 Å². The highest BCUT2D eigenvalue weighted by Gasteiger charge is 2.39. The molecule has 162 valence electrons. The molecule has 0 aliphatic carbocycles. The van der Waals surface area contributed by atoms with Crippen molar-refractivity contribution >= 4 is 5.78 Å². The number of hydrogen-bond donors (Lipinski definition) is 6. The minimum Gasteiger partial charge on any atom is -0.417 e. The normalized spacial score (nSPS) is 23.1. The molecule has 9 nitrogen and oxygen atoms in total. The van der Waals surface area contributed by atoms with E-state index in [1.807, 2.05) is 0 Å². The van der Waals surface area contributed by atoms with E-state index >= 15 is 0 Å². The van der Waals surface area contributed by atoms with E-state index in [9.17, 15) is 35.4 Å². The summed E-state index contributed by atoms with van der Waals surface area (Å²) in [5.74, 6) is -2.68. The van der Waals surface area contributed by atoms with Crippen molar-refractivity contribution in [3.05, 3.63) is 28.8 Å². The van der Waals surface area contributed by atoms with Crippen LogP contribution in [0, 0.1) is 11.8 Å². The molecule has 2 heterocycles. The SMILES string of the molecule is CC(C)CC1CN2CCc3cc(CC(O)(O)O)c(OC(O)(O)O)cc3C2CC1=O. The number of ketones is 1. The van der Waals surface area contributed by atoms with E-state index < -0.39 is 18.6 Å². The van der Waals surface area contributed by atoms with Gasteiger partial charge in [0.1, 0.15) is 11.5 Å². The summed E-state index contributed by atoms with van der Waals surface area (Å²) in [7, 11) is 0. The van der Waals surface area contributed by atoms with E-state index in [2.05, 4.69) is 18.7 Å². The van der Waals surface area contributed by atoms with Crippen molar-refractivity contribution in [3.63, 3.8) is 0 Å². The Kier molecular flexibility index (Phi) is 6.03. The molecule has 2 unspecified atom stereocenters. The molecular formula is C20H29NO8. The molecule has 6 N–H and O–H groups in total. The molecule has 0 bridgehead atoms. The quantitative estimate of drug-likeness (QED) is 0.336. The maximum atomic E-state index is 12.7. The van der Waals surface area contributed by atoms with Crippen molar-refractivity contribution < 1.29 is 40.2 Å². The molecule has 1 saturated heterocycles. The summed E-state index contributed by atoms with van der Waals surface area (Å²) < 4.78 is 4.76. The molecule has 0 saturated carbocycles. The van der Waals surface area contributed by atoms with Crippen LogP contribution in [-0.4, -0.2) is 66.5 Å². The second-order valence-corrected chi connectivity index (χ2v) is 8.54. The van der Waals surface area contributed by atoms with Gasteiger partial charge in [-0.05, 0) is 36.0 Å². The molecule has 2 aliphatic rings. The molecule has 2 aliphatic heterocycles. The Bertz CT molecular complexity index is 765. The van der Waals surface area contributed by atoms with Gasteiger partial charge in [-0.2, -0.15) is 0 Å². The molecule has 1 aromatic carbocycles.